The van der Waals surface area contributed by atoms with Gasteiger partial charge in [0.1, 0.15) is 5.69 Å². The van der Waals surface area contributed by atoms with E-state index in [0.29, 0.717) is 37.4 Å². The van der Waals surface area contributed by atoms with Gasteiger partial charge < -0.3 is 10.1 Å². The summed E-state index contributed by atoms with van der Waals surface area (Å²) in [6.07, 6.45) is 9.29. The van der Waals surface area contributed by atoms with Crippen molar-refractivity contribution in [1.29, 1.82) is 0 Å². The molecule has 156 valence electrons. The van der Waals surface area contributed by atoms with E-state index < -0.39 is 10.0 Å². The van der Waals surface area contributed by atoms with E-state index in [1.54, 1.807) is 4.31 Å². The first-order valence-corrected chi connectivity index (χ1v) is 11.6. The molecule has 3 rings (SSSR count). The van der Waals surface area contributed by atoms with Crippen LogP contribution in [0.5, 0.6) is 0 Å². The molecule has 0 saturated carbocycles. The zero-order valence-corrected chi connectivity index (χ0v) is 17.1. The summed E-state index contributed by atoms with van der Waals surface area (Å²) in [6.45, 7) is 3.83. The third-order valence-corrected chi connectivity index (χ3v) is 6.78. The average molecular weight is 412 g/mol. The molecule has 28 heavy (non-hydrogen) atoms. The second-order valence-corrected chi connectivity index (χ2v) is 9.30. The van der Waals surface area contributed by atoms with E-state index in [1.807, 2.05) is 0 Å². The van der Waals surface area contributed by atoms with Crippen LogP contribution in [0.25, 0.3) is 0 Å². The highest BCUT2D eigenvalue weighted by Crippen LogP contribution is 2.24. The number of sulfonamides is 1. The van der Waals surface area contributed by atoms with E-state index in [0.717, 1.165) is 45.4 Å². The monoisotopic (exact) mass is 411 g/mol. The molecular weight excluding hydrogens is 382 g/mol. The van der Waals surface area contributed by atoms with Gasteiger partial charge in [-0.3, -0.25) is 14.7 Å². The predicted molar refractivity (Wildman–Crippen MR) is 104 cm³/mol. The smallest absolute Gasteiger partial charge is 0.271 e. The van der Waals surface area contributed by atoms with Gasteiger partial charge in [-0.2, -0.15) is 0 Å². The molecule has 1 N–H and O–H groups in total. The minimum absolute atomic E-state index is 0.230. The first-order valence-electron chi connectivity index (χ1n) is 9.78. The summed E-state index contributed by atoms with van der Waals surface area (Å²) in [6, 6.07) is 0.714. The quantitative estimate of drug-likeness (QED) is 0.679. The predicted octanol–water partition coefficient (Wildman–Crippen LogP) is 0.111. The van der Waals surface area contributed by atoms with Crippen molar-refractivity contribution in [2.24, 2.45) is 0 Å². The summed E-state index contributed by atoms with van der Waals surface area (Å²) < 4.78 is 30.6. The van der Waals surface area contributed by atoms with Gasteiger partial charge in [0.25, 0.3) is 5.91 Å². The lowest BCUT2D eigenvalue weighted by atomic mass is 9.98. The second-order valence-electron chi connectivity index (χ2n) is 7.32. The van der Waals surface area contributed by atoms with Crippen LogP contribution >= 0.6 is 0 Å². The molecule has 0 aliphatic carbocycles. The molecule has 9 nitrogen and oxygen atoms in total. The van der Waals surface area contributed by atoms with Crippen molar-refractivity contribution in [3.8, 4) is 0 Å². The number of amides is 1. The van der Waals surface area contributed by atoms with Crippen LogP contribution in [0.4, 0.5) is 0 Å². The van der Waals surface area contributed by atoms with Gasteiger partial charge in [-0.05, 0) is 25.7 Å². The number of carbonyl (C=O) groups is 1. The van der Waals surface area contributed by atoms with Crippen molar-refractivity contribution in [2.75, 3.05) is 45.6 Å². The summed E-state index contributed by atoms with van der Waals surface area (Å²) in [5, 5.41) is 2.92. The maximum absolute atomic E-state index is 12.2. The van der Waals surface area contributed by atoms with Crippen molar-refractivity contribution in [2.45, 2.75) is 37.8 Å². The van der Waals surface area contributed by atoms with E-state index in [2.05, 4.69) is 20.2 Å². The van der Waals surface area contributed by atoms with Crippen LogP contribution in [0, 0.1) is 0 Å². The minimum Gasteiger partial charge on any atom is -0.381 e. The van der Waals surface area contributed by atoms with Crippen molar-refractivity contribution in [3.05, 3.63) is 24.3 Å². The molecule has 2 fully saturated rings. The Labute approximate surface area is 166 Å². The van der Waals surface area contributed by atoms with Gasteiger partial charge in [-0.1, -0.05) is 0 Å². The summed E-state index contributed by atoms with van der Waals surface area (Å²) in [4.78, 5) is 22.6. The number of rotatable bonds is 7. The van der Waals surface area contributed by atoms with Gasteiger partial charge in [0.15, 0.2) is 0 Å². The Hall–Kier alpha value is -1.62. The standard InChI is InChI=1S/C18H29N5O4S/c1-28(25,26)22-9-2-15(3-10-22)23(16-4-12-27-13-5-16)11-8-21-18(24)17-14-19-6-7-20-17/h6-7,14-16H,2-5,8-13H2,1H3,(H,21,24). The fourth-order valence-electron chi connectivity index (χ4n) is 3.99. The number of nitrogens with one attached hydrogen (secondary N) is 1. The first-order chi connectivity index (χ1) is 13.4. The Kier molecular flexibility index (Phi) is 7.33. The Bertz CT molecular complexity index is 732. The normalized spacial score (nSPS) is 20.4. The van der Waals surface area contributed by atoms with E-state index >= 15 is 0 Å². The lowest BCUT2D eigenvalue weighted by Crippen LogP contribution is -2.53. The molecule has 3 heterocycles. The van der Waals surface area contributed by atoms with Gasteiger partial charge in [0.2, 0.25) is 10.0 Å². The molecule has 2 saturated heterocycles. The Balaban J connectivity index is 1.57. The highest BCUT2D eigenvalue weighted by molar-refractivity contribution is 7.88. The third-order valence-electron chi connectivity index (χ3n) is 5.47. The molecule has 0 atom stereocenters. The lowest BCUT2D eigenvalue weighted by Gasteiger charge is -2.43. The Morgan fingerprint density at radius 1 is 1.21 bits per heavy atom. The summed E-state index contributed by atoms with van der Waals surface area (Å²) in [5.41, 5.74) is 0.307. The van der Waals surface area contributed by atoms with Crippen molar-refractivity contribution < 1.29 is 17.9 Å². The number of carbonyl (C=O) groups excluding carboxylic acids is 1. The van der Waals surface area contributed by atoms with Crippen LogP contribution < -0.4 is 5.32 Å². The summed E-state index contributed by atoms with van der Waals surface area (Å²) in [7, 11) is -3.13. The number of hydrogen-bond acceptors (Lipinski definition) is 7. The minimum atomic E-state index is -3.13. The molecule has 0 aromatic carbocycles. The van der Waals surface area contributed by atoms with Crippen LogP contribution in [0.2, 0.25) is 0 Å². The molecule has 1 aromatic rings. The molecule has 0 radical (unpaired) electrons. The molecule has 1 aromatic heterocycles. The Morgan fingerprint density at radius 2 is 1.89 bits per heavy atom. The second kappa shape index (κ2) is 9.73. The summed E-state index contributed by atoms with van der Waals surface area (Å²) in [5.74, 6) is -0.230. The maximum atomic E-state index is 12.2. The van der Waals surface area contributed by atoms with E-state index in [-0.39, 0.29) is 5.91 Å². The zero-order chi connectivity index (χ0) is 20.0. The van der Waals surface area contributed by atoms with E-state index in [4.69, 9.17) is 4.74 Å². The van der Waals surface area contributed by atoms with Crippen LogP contribution in [0.3, 0.4) is 0 Å². The van der Waals surface area contributed by atoms with Crippen LogP contribution in [-0.4, -0.2) is 91.2 Å². The van der Waals surface area contributed by atoms with Gasteiger partial charge in [-0.15, -0.1) is 0 Å². The molecule has 2 aliphatic heterocycles. The van der Waals surface area contributed by atoms with Crippen LogP contribution in [0.15, 0.2) is 18.6 Å². The van der Waals surface area contributed by atoms with Crippen LogP contribution in [0.1, 0.15) is 36.2 Å². The molecule has 10 heteroatoms. The van der Waals surface area contributed by atoms with E-state index in [9.17, 15) is 13.2 Å². The molecule has 0 spiro atoms. The van der Waals surface area contributed by atoms with Crippen molar-refractivity contribution >= 4 is 15.9 Å². The first kappa shape index (κ1) is 21.1. The van der Waals surface area contributed by atoms with Gasteiger partial charge in [0, 0.05) is 63.9 Å². The number of hydrogen-bond donors (Lipinski definition) is 1. The number of aromatic nitrogens is 2. The maximum Gasteiger partial charge on any atom is 0.271 e. The topological polar surface area (TPSA) is 105 Å². The lowest BCUT2D eigenvalue weighted by molar-refractivity contribution is 0.00747. The average Bonchev–Trinajstić information content (AvgIpc) is 2.72. The number of nitrogens with zero attached hydrogens (tertiary/aromatic N) is 4. The van der Waals surface area contributed by atoms with Gasteiger partial charge >= 0.3 is 0 Å². The van der Waals surface area contributed by atoms with E-state index in [1.165, 1.54) is 24.8 Å². The summed E-state index contributed by atoms with van der Waals surface area (Å²) >= 11 is 0. The largest absolute Gasteiger partial charge is 0.381 e. The SMILES string of the molecule is CS(=O)(=O)N1CCC(N(CCNC(=O)c2cnccn2)C2CCOCC2)CC1. The number of piperidine rings is 1. The van der Waals surface area contributed by atoms with Crippen LogP contribution in [-0.2, 0) is 14.8 Å². The molecular formula is C18H29N5O4S. The molecule has 1 amide bonds. The van der Waals surface area contributed by atoms with Gasteiger partial charge in [0.05, 0.1) is 12.5 Å². The zero-order valence-electron chi connectivity index (χ0n) is 16.3. The number of ether oxygens (including phenoxy) is 1. The van der Waals surface area contributed by atoms with Crippen molar-refractivity contribution in [3.63, 3.8) is 0 Å². The Morgan fingerprint density at radius 3 is 2.50 bits per heavy atom. The third kappa shape index (κ3) is 5.69. The molecule has 0 unspecified atom stereocenters. The highest BCUT2D eigenvalue weighted by Gasteiger charge is 2.32. The van der Waals surface area contributed by atoms with Crippen molar-refractivity contribution in [1.82, 2.24) is 24.5 Å². The molecule has 0 bridgehead atoms. The van der Waals surface area contributed by atoms with Gasteiger partial charge in [-0.25, -0.2) is 17.7 Å². The fraction of sp³-hybridized carbons (Fsp3) is 0.722. The fourth-order valence-corrected chi connectivity index (χ4v) is 4.87. The molecule has 2 aliphatic rings. The highest BCUT2D eigenvalue weighted by atomic mass is 32.2.